The molecule has 1 unspecified atom stereocenters. The Hall–Kier alpha value is -1.23. The lowest BCUT2D eigenvalue weighted by Crippen LogP contribution is -2.13. The van der Waals surface area contributed by atoms with Gasteiger partial charge >= 0.3 is 0 Å². The van der Waals surface area contributed by atoms with E-state index in [1.807, 2.05) is 12.2 Å². The molecule has 12 heavy (non-hydrogen) atoms. The largest absolute Gasteiger partial charge is 0.384 e. The molecule has 0 saturated heterocycles. The molecular weight excluding hydrogens is 172 g/mol. The van der Waals surface area contributed by atoms with Crippen molar-refractivity contribution in [1.29, 1.82) is 0 Å². The summed E-state index contributed by atoms with van der Waals surface area (Å²) >= 11 is 1.51. The summed E-state index contributed by atoms with van der Waals surface area (Å²) in [5, 5.41) is 8.64. The van der Waals surface area contributed by atoms with E-state index in [1.165, 1.54) is 11.3 Å². The van der Waals surface area contributed by atoms with Crippen molar-refractivity contribution < 1.29 is 0 Å². The molecule has 0 bridgehead atoms. The topological polar surface area (TPSA) is 64.2 Å². The predicted molar refractivity (Wildman–Crippen MR) is 48.0 cm³/mol. The molecule has 4 nitrogen and oxygen atoms in total. The quantitative estimate of drug-likeness (QED) is 0.698. The maximum absolute atomic E-state index is 5.55. The summed E-state index contributed by atoms with van der Waals surface area (Å²) < 4.78 is 0. The standard InChI is InChI=1S/C7H8N4S/c8-6-3-1-2-5(10-6)7-11-9-4-12-7/h1,3-5H,2H2,(H2,8,10). The van der Waals surface area contributed by atoms with Gasteiger partial charge in [-0.3, -0.25) is 4.99 Å². The maximum Gasteiger partial charge on any atom is 0.142 e. The van der Waals surface area contributed by atoms with Gasteiger partial charge in [0.15, 0.2) is 0 Å². The van der Waals surface area contributed by atoms with Gasteiger partial charge < -0.3 is 5.73 Å². The molecule has 0 fully saturated rings. The number of nitrogens with two attached hydrogens (primary N) is 1. The number of hydrogen-bond donors (Lipinski definition) is 1. The Kier molecular flexibility index (Phi) is 1.87. The molecule has 1 atom stereocenters. The molecule has 0 saturated carbocycles. The van der Waals surface area contributed by atoms with Gasteiger partial charge in [0.05, 0.1) is 0 Å². The van der Waals surface area contributed by atoms with Gasteiger partial charge in [0.1, 0.15) is 22.4 Å². The fraction of sp³-hybridized carbons (Fsp3) is 0.286. The average molecular weight is 180 g/mol. The summed E-state index contributed by atoms with van der Waals surface area (Å²) in [6.45, 7) is 0. The van der Waals surface area contributed by atoms with Crippen LogP contribution >= 0.6 is 11.3 Å². The molecule has 1 aliphatic heterocycles. The molecule has 0 aliphatic carbocycles. The van der Waals surface area contributed by atoms with Gasteiger partial charge in [0.2, 0.25) is 0 Å². The van der Waals surface area contributed by atoms with Crippen molar-refractivity contribution in [3.05, 3.63) is 22.7 Å². The molecule has 62 valence electrons. The summed E-state index contributed by atoms with van der Waals surface area (Å²) in [5.74, 6) is 0.571. The molecule has 1 aliphatic rings. The zero-order valence-corrected chi connectivity index (χ0v) is 7.16. The fourth-order valence-electron chi connectivity index (χ4n) is 1.08. The van der Waals surface area contributed by atoms with Gasteiger partial charge in [0.25, 0.3) is 0 Å². The van der Waals surface area contributed by atoms with Crippen molar-refractivity contribution in [2.75, 3.05) is 0 Å². The smallest absolute Gasteiger partial charge is 0.142 e. The SMILES string of the molecule is NC1=NC(c2nncs2)CC=C1. The van der Waals surface area contributed by atoms with Gasteiger partial charge in [-0.05, 0) is 12.5 Å². The van der Waals surface area contributed by atoms with E-state index in [2.05, 4.69) is 15.2 Å². The summed E-state index contributed by atoms with van der Waals surface area (Å²) in [4.78, 5) is 4.24. The Morgan fingerprint density at radius 1 is 1.58 bits per heavy atom. The number of aromatic nitrogens is 2. The van der Waals surface area contributed by atoms with Crippen LogP contribution in [0.3, 0.4) is 0 Å². The van der Waals surface area contributed by atoms with E-state index in [9.17, 15) is 0 Å². The van der Waals surface area contributed by atoms with E-state index >= 15 is 0 Å². The van der Waals surface area contributed by atoms with Gasteiger partial charge in [0, 0.05) is 0 Å². The summed E-state index contributed by atoms with van der Waals surface area (Å²) in [5.41, 5.74) is 7.26. The highest BCUT2D eigenvalue weighted by Gasteiger charge is 2.14. The number of aliphatic imine (C=N–C) groups is 1. The number of hydrogen-bond acceptors (Lipinski definition) is 5. The van der Waals surface area contributed by atoms with Crippen LogP contribution in [0, 0.1) is 0 Å². The highest BCUT2D eigenvalue weighted by atomic mass is 32.1. The monoisotopic (exact) mass is 180 g/mol. The Morgan fingerprint density at radius 2 is 2.50 bits per heavy atom. The van der Waals surface area contributed by atoms with Crippen LogP contribution in [0.15, 0.2) is 22.7 Å². The second-order valence-electron chi connectivity index (χ2n) is 2.48. The van der Waals surface area contributed by atoms with Crippen molar-refractivity contribution in [2.24, 2.45) is 10.7 Å². The first kappa shape index (κ1) is 7.42. The molecule has 2 rings (SSSR count). The summed E-state index contributed by atoms with van der Waals surface area (Å²) in [7, 11) is 0. The number of amidine groups is 1. The molecule has 2 N–H and O–H groups in total. The summed E-state index contributed by atoms with van der Waals surface area (Å²) in [6, 6.07) is 0.0856. The van der Waals surface area contributed by atoms with Crippen LogP contribution in [0.25, 0.3) is 0 Å². The van der Waals surface area contributed by atoms with E-state index in [0.29, 0.717) is 5.84 Å². The van der Waals surface area contributed by atoms with Crippen molar-refractivity contribution >= 4 is 17.2 Å². The lowest BCUT2D eigenvalue weighted by Gasteiger charge is -2.10. The van der Waals surface area contributed by atoms with E-state index in [4.69, 9.17) is 5.73 Å². The number of dihydropyridines is 1. The molecule has 2 heterocycles. The fourth-order valence-corrected chi connectivity index (χ4v) is 1.68. The zero-order valence-electron chi connectivity index (χ0n) is 6.34. The number of nitrogens with zero attached hydrogens (tertiary/aromatic N) is 3. The van der Waals surface area contributed by atoms with Crippen LogP contribution in [0.1, 0.15) is 17.5 Å². The van der Waals surface area contributed by atoms with Crippen molar-refractivity contribution in [1.82, 2.24) is 10.2 Å². The first-order chi connectivity index (χ1) is 5.86. The second-order valence-corrected chi connectivity index (χ2v) is 3.35. The lowest BCUT2D eigenvalue weighted by atomic mass is 10.2. The lowest BCUT2D eigenvalue weighted by molar-refractivity contribution is 0.715. The van der Waals surface area contributed by atoms with Crippen LogP contribution in [0.5, 0.6) is 0 Å². The maximum atomic E-state index is 5.55. The van der Waals surface area contributed by atoms with Crippen LogP contribution < -0.4 is 5.73 Å². The third-order valence-electron chi connectivity index (χ3n) is 1.61. The Bertz CT molecular complexity index is 314. The second kappa shape index (κ2) is 3.02. The summed E-state index contributed by atoms with van der Waals surface area (Å²) in [6.07, 6.45) is 4.70. The minimum absolute atomic E-state index is 0.0856. The van der Waals surface area contributed by atoms with Crippen LogP contribution in [0.4, 0.5) is 0 Å². The normalized spacial score (nSPS) is 22.3. The molecule has 1 aromatic heterocycles. The van der Waals surface area contributed by atoms with Crippen LogP contribution in [-0.4, -0.2) is 16.0 Å². The van der Waals surface area contributed by atoms with Crippen LogP contribution in [-0.2, 0) is 0 Å². The average Bonchev–Trinajstić information content (AvgIpc) is 2.56. The van der Waals surface area contributed by atoms with Gasteiger partial charge in [-0.1, -0.05) is 6.08 Å². The highest BCUT2D eigenvalue weighted by molar-refractivity contribution is 7.09. The number of rotatable bonds is 1. The molecule has 1 aromatic rings. The van der Waals surface area contributed by atoms with Crippen molar-refractivity contribution in [3.63, 3.8) is 0 Å². The third-order valence-corrected chi connectivity index (χ3v) is 2.41. The molecule has 5 heteroatoms. The van der Waals surface area contributed by atoms with Gasteiger partial charge in [-0.2, -0.15) is 0 Å². The molecule has 0 radical (unpaired) electrons. The minimum Gasteiger partial charge on any atom is -0.384 e. The first-order valence-corrected chi connectivity index (χ1v) is 4.50. The van der Waals surface area contributed by atoms with Crippen molar-refractivity contribution in [3.8, 4) is 0 Å². The Labute approximate surface area is 73.8 Å². The van der Waals surface area contributed by atoms with E-state index in [-0.39, 0.29) is 6.04 Å². The Balaban J connectivity index is 2.22. The molecule has 0 spiro atoms. The third kappa shape index (κ3) is 1.35. The van der Waals surface area contributed by atoms with E-state index in [1.54, 1.807) is 5.51 Å². The van der Waals surface area contributed by atoms with E-state index < -0.39 is 0 Å². The zero-order chi connectivity index (χ0) is 8.39. The van der Waals surface area contributed by atoms with Gasteiger partial charge in [-0.25, -0.2) is 0 Å². The molecular formula is C7H8N4S. The van der Waals surface area contributed by atoms with Crippen LogP contribution in [0.2, 0.25) is 0 Å². The first-order valence-electron chi connectivity index (χ1n) is 3.62. The molecule has 0 aromatic carbocycles. The molecule has 0 amide bonds. The Morgan fingerprint density at radius 3 is 3.17 bits per heavy atom. The minimum atomic E-state index is 0.0856. The predicted octanol–water partition coefficient (Wildman–Crippen LogP) is 0.896. The van der Waals surface area contributed by atoms with E-state index in [0.717, 1.165) is 11.4 Å². The van der Waals surface area contributed by atoms with Gasteiger partial charge in [-0.15, -0.1) is 21.5 Å². The highest BCUT2D eigenvalue weighted by Crippen LogP contribution is 2.24. The van der Waals surface area contributed by atoms with Crippen molar-refractivity contribution in [2.45, 2.75) is 12.5 Å².